The van der Waals surface area contributed by atoms with Gasteiger partial charge in [-0.25, -0.2) is 9.97 Å². The van der Waals surface area contributed by atoms with Crippen molar-refractivity contribution in [1.82, 2.24) is 20.3 Å². The number of carbonyl (C=O) groups excluding carboxylic acids is 1. The first-order valence-electron chi connectivity index (χ1n) is 11.1. The van der Waals surface area contributed by atoms with Crippen molar-refractivity contribution in [2.75, 3.05) is 6.61 Å². The van der Waals surface area contributed by atoms with Gasteiger partial charge in [0.05, 0.1) is 29.8 Å². The number of aliphatic hydroxyl groups is 1. The molecule has 2 saturated carbocycles. The molecule has 2 fully saturated rings. The Kier molecular flexibility index (Phi) is 5.14. The molecule has 0 radical (unpaired) electrons. The second-order valence-corrected chi connectivity index (χ2v) is 8.90. The third-order valence-corrected chi connectivity index (χ3v) is 6.36. The summed E-state index contributed by atoms with van der Waals surface area (Å²) in [6.07, 6.45) is 5.90. The van der Waals surface area contributed by atoms with E-state index in [-0.39, 0.29) is 11.9 Å². The van der Waals surface area contributed by atoms with E-state index in [0.29, 0.717) is 23.6 Å². The van der Waals surface area contributed by atoms with Crippen LogP contribution in [0.4, 0.5) is 0 Å². The molecule has 1 aromatic carbocycles. The molecule has 1 amide bonds. The van der Waals surface area contributed by atoms with Crippen molar-refractivity contribution in [1.29, 1.82) is 0 Å². The van der Waals surface area contributed by atoms with Crippen molar-refractivity contribution in [2.45, 2.75) is 58.1 Å². The van der Waals surface area contributed by atoms with Gasteiger partial charge in [-0.05, 0) is 64.0 Å². The lowest BCUT2D eigenvalue weighted by molar-refractivity contribution is 0.0874. The number of hydrogen-bond acceptors (Lipinski definition) is 5. The molecule has 2 aromatic heterocycles. The van der Waals surface area contributed by atoms with Crippen LogP contribution in [0, 0.1) is 19.8 Å². The highest BCUT2D eigenvalue weighted by Crippen LogP contribution is 2.37. The van der Waals surface area contributed by atoms with Gasteiger partial charge in [-0.2, -0.15) is 0 Å². The Labute approximate surface area is 181 Å². The second-order valence-electron chi connectivity index (χ2n) is 8.90. The molecule has 2 atom stereocenters. The van der Waals surface area contributed by atoms with Gasteiger partial charge < -0.3 is 20.1 Å². The predicted molar refractivity (Wildman–Crippen MR) is 118 cm³/mol. The summed E-state index contributed by atoms with van der Waals surface area (Å²) < 4.78 is 6.12. The zero-order valence-corrected chi connectivity index (χ0v) is 17.9. The van der Waals surface area contributed by atoms with E-state index in [2.05, 4.69) is 26.3 Å². The number of benzene rings is 1. The van der Waals surface area contributed by atoms with Gasteiger partial charge in [0.25, 0.3) is 5.91 Å². The quantitative estimate of drug-likeness (QED) is 0.565. The van der Waals surface area contributed by atoms with Gasteiger partial charge in [0.1, 0.15) is 23.3 Å². The number of H-pyrrole nitrogens is 1. The summed E-state index contributed by atoms with van der Waals surface area (Å²) in [6.45, 7) is 4.62. The second kappa shape index (κ2) is 7.96. The zero-order chi connectivity index (χ0) is 21.5. The van der Waals surface area contributed by atoms with Gasteiger partial charge >= 0.3 is 0 Å². The number of aromatic amines is 1. The number of ether oxygens (including phenoxy) is 1. The van der Waals surface area contributed by atoms with E-state index in [1.54, 1.807) is 0 Å². The Morgan fingerprint density at radius 3 is 2.81 bits per heavy atom. The number of amides is 1. The van der Waals surface area contributed by atoms with Crippen LogP contribution in [-0.4, -0.2) is 44.7 Å². The molecule has 3 aromatic rings. The number of nitrogens with zero attached hydrogens (tertiary/aromatic N) is 2. The number of hydrogen-bond donors (Lipinski definition) is 3. The van der Waals surface area contributed by atoms with Crippen molar-refractivity contribution in [3.05, 3.63) is 41.3 Å². The monoisotopic (exact) mass is 420 g/mol. The molecular formula is C24H28N4O3. The maximum absolute atomic E-state index is 13.1. The fourth-order valence-electron chi connectivity index (χ4n) is 4.40. The molecule has 0 spiro atoms. The van der Waals surface area contributed by atoms with Crippen LogP contribution in [0.5, 0.6) is 5.75 Å². The zero-order valence-electron chi connectivity index (χ0n) is 17.9. The first kappa shape index (κ1) is 20.0. The molecule has 0 unspecified atom stereocenters. The highest BCUT2D eigenvalue weighted by atomic mass is 16.5. The topological polar surface area (TPSA) is 100 Å². The van der Waals surface area contributed by atoms with Crippen LogP contribution in [-0.2, 0) is 0 Å². The third kappa shape index (κ3) is 3.90. The average Bonchev–Trinajstić information content (AvgIpc) is 3.40. The number of nitrogens with one attached hydrogen (secondary N) is 2. The number of aliphatic hydroxyl groups excluding tert-OH is 1. The minimum absolute atomic E-state index is 0.211. The average molecular weight is 421 g/mol. The minimum Gasteiger partial charge on any atom is -0.493 e. The number of carbonyl (C=O) groups is 1. The van der Waals surface area contributed by atoms with Crippen LogP contribution in [0.1, 0.15) is 53.7 Å². The Morgan fingerprint density at radius 1 is 1.23 bits per heavy atom. The highest BCUT2D eigenvalue weighted by Gasteiger charge is 2.29. The van der Waals surface area contributed by atoms with Crippen molar-refractivity contribution in [2.24, 2.45) is 5.92 Å². The normalized spacial score (nSPS) is 20.9. The summed E-state index contributed by atoms with van der Waals surface area (Å²) >= 11 is 0. The first-order valence-corrected chi connectivity index (χ1v) is 11.1. The van der Waals surface area contributed by atoms with Gasteiger partial charge in [-0.1, -0.05) is 11.6 Å². The Hall–Kier alpha value is -2.93. The van der Waals surface area contributed by atoms with Crippen LogP contribution in [0.2, 0.25) is 0 Å². The number of aromatic nitrogens is 3. The molecule has 31 heavy (non-hydrogen) atoms. The summed E-state index contributed by atoms with van der Waals surface area (Å²) in [7, 11) is 0. The molecule has 162 valence electrons. The number of fused-ring (bicyclic) bond motifs is 1. The maximum Gasteiger partial charge on any atom is 0.255 e. The van der Waals surface area contributed by atoms with E-state index in [1.165, 1.54) is 19.2 Å². The van der Waals surface area contributed by atoms with Crippen LogP contribution in [0.25, 0.3) is 22.3 Å². The molecule has 0 bridgehead atoms. The number of aryl methyl sites for hydroxylation is 2. The maximum atomic E-state index is 13.1. The van der Waals surface area contributed by atoms with E-state index in [1.807, 2.05) is 26.0 Å². The van der Waals surface area contributed by atoms with Gasteiger partial charge in [-0.3, -0.25) is 4.79 Å². The van der Waals surface area contributed by atoms with Crippen LogP contribution in [0.3, 0.4) is 0 Å². The predicted octanol–water partition coefficient (Wildman–Crippen LogP) is 3.67. The van der Waals surface area contributed by atoms with Gasteiger partial charge in [0.2, 0.25) is 0 Å². The van der Waals surface area contributed by atoms with Crippen LogP contribution >= 0.6 is 0 Å². The van der Waals surface area contributed by atoms with Gasteiger partial charge in [0, 0.05) is 11.3 Å². The van der Waals surface area contributed by atoms with E-state index >= 15 is 0 Å². The molecule has 7 heteroatoms. The Balaban J connectivity index is 1.53. The summed E-state index contributed by atoms with van der Waals surface area (Å²) in [5.74, 6) is 1.23. The molecule has 0 saturated heterocycles. The SMILES string of the molecule is Cc1ccc(OCC2CC2)c(-c2ncnc3c(C(=O)N[C@H]4CCC[C@H]4O)c(C)[nH]c23)c1. The third-order valence-electron chi connectivity index (χ3n) is 6.36. The minimum atomic E-state index is -0.488. The molecule has 3 N–H and O–H groups in total. The van der Waals surface area contributed by atoms with E-state index in [0.717, 1.165) is 53.0 Å². The molecule has 5 rings (SSSR count). The standard InChI is InChI=1S/C24H28N4O3/c1-13-6-9-19(31-11-15-7-8-15)16(10-13)21-23-22(26-12-25-21)20(14(2)27-23)24(30)28-17-4-3-5-18(17)29/h6,9-10,12,15,17-18,27,29H,3-5,7-8,11H2,1-2H3,(H,28,30)/t17-,18+/m0/s1. The van der Waals surface area contributed by atoms with Gasteiger partial charge in [0.15, 0.2) is 0 Å². The Morgan fingerprint density at radius 2 is 2.06 bits per heavy atom. The summed E-state index contributed by atoms with van der Waals surface area (Å²) in [4.78, 5) is 25.4. The van der Waals surface area contributed by atoms with Crippen molar-refractivity contribution < 1.29 is 14.6 Å². The van der Waals surface area contributed by atoms with E-state index < -0.39 is 6.10 Å². The summed E-state index contributed by atoms with van der Waals surface area (Å²) in [6, 6.07) is 5.88. The molecular weight excluding hydrogens is 392 g/mol. The fourth-order valence-corrected chi connectivity index (χ4v) is 4.40. The molecule has 0 aliphatic heterocycles. The smallest absolute Gasteiger partial charge is 0.255 e. The highest BCUT2D eigenvalue weighted by molar-refractivity contribution is 6.09. The largest absolute Gasteiger partial charge is 0.493 e. The van der Waals surface area contributed by atoms with Gasteiger partial charge in [-0.15, -0.1) is 0 Å². The van der Waals surface area contributed by atoms with Crippen molar-refractivity contribution >= 4 is 16.9 Å². The van der Waals surface area contributed by atoms with E-state index in [9.17, 15) is 9.90 Å². The fraction of sp³-hybridized carbons (Fsp3) is 0.458. The lowest BCUT2D eigenvalue weighted by Crippen LogP contribution is -2.40. The van der Waals surface area contributed by atoms with Crippen LogP contribution < -0.4 is 10.1 Å². The van der Waals surface area contributed by atoms with Crippen LogP contribution in [0.15, 0.2) is 24.5 Å². The molecule has 2 aliphatic carbocycles. The van der Waals surface area contributed by atoms with Crippen molar-refractivity contribution in [3.63, 3.8) is 0 Å². The molecule has 2 aliphatic rings. The Bertz CT molecular complexity index is 1140. The van der Waals surface area contributed by atoms with E-state index in [4.69, 9.17) is 4.74 Å². The first-order chi connectivity index (χ1) is 15.0. The summed E-state index contributed by atoms with van der Waals surface area (Å²) in [5.41, 5.74) is 5.27. The number of rotatable bonds is 6. The summed E-state index contributed by atoms with van der Waals surface area (Å²) in [5, 5.41) is 13.1. The molecule has 7 nitrogen and oxygen atoms in total. The lowest BCUT2D eigenvalue weighted by atomic mass is 10.1. The lowest BCUT2D eigenvalue weighted by Gasteiger charge is -2.16. The van der Waals surface area contributed by atoms with Crippen molar-refractivity contribution in [3.8, 4) is 17.0 Å². The molecule has 2 heterocycles.